The van der Waals surface area contributed by atoms with Crippen molar-refractivity contribution in [2.45, 2.75) is 55.8 Å². The largest absolute Gasteiger partial charge is 0.452 e. The molecule has 1 unspecified atom stereocenters. The third-order valence-electron chi connectivity index (χ3n) is 6.31. The van der Waals surface area contributed by atoms with Gasteiger partial charge in [-0.2, -0.15) is 4.31 Å². The van der Waals surface area contributed by atoms with Gasteiger partial charge in [-0.15, -0.1) is 0 Å². The van der Waals surface area contributed by atoms with E-state index in [0.29, 0.717) is 25.3 Å². The Balaban J connectivity index is 1.49. The molecule has 0 aliphatic heterocycles. The standard InChI is InChI=1S/C25H32N2O5S/c28-23(18-27(17-21-12-13-21)33(30,31)25-11-6-14-32-25)22(15-19-7-2-1-3-8-19)26-24(29)16-20-9-4-5-10-20/h1-4,6-9,11,14,20-23,28H,5,10,12-13,15-18H2,(H,26,29)/t20?,22-,23+/m0/s1. The molecule has 0 spiro atoms. The number of hydrogen-bond acceptors (Lipinski definition) is 5. The molecule has 8 heteroatoms. The van der Waals surface area contributed by atoms with Crippen molar-refractivity contribution in [1.82, 2.24) is 9.62 Å². The summed E-state index contributed by atoms with van der Waals surface area (Å²) in [4.78, 5) is 12.8. The molecule has 33 heavy (non-hydrogen) atoms. The topological polar surface area (TPSA) is 99.9 Å². The minimum Gasteiger partial charge on any atom is -0.452 e. The molecule has 2 aliphatic rings. The number of carbonyl (C=O) groups is 1. The maximum absolute atomic E-state index is 13.2. The number of furan rings is 1. The second-order valence-corrected chi connectivity index (χ2v) is 11.0. The summed E-state index contributed by atoms with van der Waals surface area (Å²) in [6.45, 7) is 0.222. The minimum absolute atomic E-state index is 0.110. The summed E-state index contributed by atoms with van der Waals surface area (Å²) in [6, 6.07) is 11.9. The van der Waals surface area contributed by atoms with Crippen LogP contribution in [-0.4, -0.2) is 49.0 Å². The van der Waals surface area contributed by atoms with E-state index in [9.17, 15) is 18.3 Å². The van der Waals surface area contributed by atoms with Gasteiger partial charge >= 0.3 is 0 Å². The summed E-state index contributed by atoms with van der Waals surface area (Å²) in [5, 5.41) is 14.0. The third-order valence-corrected chi connectivity index (χ3v) is 8.03. The van der Waals surface area contributed by atoms with Crippen LogP contribution >= 0.6 is 0 Å². The van der Waals surface area contributed by atoms with Crippen LogP contribution < -0.4 is 5.32 Å². The number of nitrogens with one attached hydrogen (secondary N) is 1. The van der Waals surface area contributed by atoms with Crippen LogP contribution in [0, 0.1) is 11.8 Å². The van der Waals surface area contributed by atoms with Crippen molar-refractivity contribution in [2.75, 3.05) is 13.1 Å². The molecule has 1 aromatic carbocycles. The van der Waals surface area contributed by atoms with E-state index in [1.807, 2.05) is 30.3 Å². The van der Waals surface area contributed by atoms with E-state index in [1.165, 1.54) is 22.7 Å². The number of amides is 1. The van der Waals surface area contributed by atoms with Crippen LogP contribution in [-0.2, 0) is 21.2 Å². The second kappa shape index (κ2) is 10.7. The molecule has 1 heterocycles. The summed E-state index contributed by atoms with van der Waals surface area (Å²) in [5.41, 5.74) is 0.963. The first-order valence-corrected chi connectivity index (χ1v) is 13.1. The van der Waals surface area contributed by atoms with E-state index < -0.39 is 22.2 Å². The highest BCUT2D eigenvalue weighted by Crippen LogP contribution is 2.32. The Bertz CT molecular complexity index is 1030. The Morgan fingerprint density at radius 2 is 1.94 bits per heavy atom. The predicted octanol–water partition coefficient (Wildman–Crippen LogP) is 3.13. The van der Waals surface area contributed by atoms with Gasteiger partial charge in [0.05, 0.1) is 18.4 Å². The summed E-state index contributed by atoms with van der Waals surface area (Å²) in [7, 11) is -3.88. The van der Waals surface area contributed by atoms with Gasteiger partial charge in [0.25, 0.3) is 10.0 Å². The van der Waals surface area contributed by atoms with Gasteiger partial charge in [-0.05, 0) is 61.6 Å². The average molecular weight is 473 g/mol. The Morgan fingerprint density at radius 1 is 1.15 bits per heavy atom. The van der Waals surface area contributed by atoms with Crippen molar-refractivity contribution in [3.05, 3.63) is 66.4 Å². The van der Waals surface area contributed by atoms with Crippen molar-refractivity contribution in [3.63, 3.8) is 0 Å². The fourth-order valence-electron chi connectivity index (χ4n) is 4.25. The van der Waals surface area contributed by atoms with Crippen LogP contribution in [0.3, 0.4) is 0 Å². The van der Waals surface area contributed by atoms with E-state index in [0.717, 1.165) is 31.2 Å². The van der Waals surface area contributed by atoms with Gasteiger partial charge in [0.1, 0.15) is 0 Å². The first-order chi connectivity index (χ1) is 15.9. The lowest BCUT2D eigenvalue weighted by Gasteiger charge is -2.29. The molecule has 2 N–H and O–H groups in total. The number of nitrogens with zero attached hydrogens (tertiary/aromatic N) is 1. The zero-order valence-corrected chi connectivity index (χ0v) is 19.5. The summed E-state index contributed by atoms with van der Waals surface area (Å²) in [5.74, 6) is 0.373. The number of sulfonamides is 1. The van der Waals surface area contributed by atoms with E-state index in [1.54, 1.807) is 0 Å². The molecule has 1 amide bonds. The van der Waals surface area contributed by atoms with Gasteiger partial charge in [0.2, 0.25) is 11.0 Å². The lowest BCUT2D eigenvalue weighted by Crippen LogP contribution is -2.51. The highest BCUT2D eigenvalue weighted by molar-refractivity contribution is 7.89. The third kappa shape index (κ3) is 6.56. The Hall–Kier alpha value is -2.42. The Morgan fingerprint density at radius 3 is 2.58 bits per heavy atom. The maximum Gasteiger partial charge on any atom is 0.276 e. The fraction of sp³-hybridized carbons (Fsp3) is 0.480. The molecule has 1 fully saturated rings. The number of carbonyl (C=O) groups excluding carboxylic acids is 1. The van der Waals surface area contributed by atoms with Crippen LogP contribution in [0.1, 0.15) is 37.7 Å². The molecule has 0 saturated heterocycles. The molecule has 4 rings (SSSR count). The van der Waals surface area contributed by atoms with Gasteiger partial charge in [0, 0.05) is 19.5 Å². The molecule has 3 atom stereocenters. The van der Waals surface area contributed by atoms with Gasteiger partial charge in [-0.25, -0.2) is 8.42 Å². The van der Waals surface area contributed by atoms with Crippen LogP contribution in [0.15, 0.2) is 70.4 Å². The zero-order chi connectivity index (χ0) is 23.3. The minimum atomic E-state index is -3.88. The molecule has 1 saturated carbocycles. The maximum atomic E-state index is 13.2. The zero-order valence-electron chi connectivity index (χ0n) is 18.7. The molecule has 2 aliphatic carbocycles. The van der Waals surface area contributed by atoms with Crippen molar-refractivity contribution < 1.29 is 22.7 Å². The molecule has 1 aromatic heterocycles. The molecule has 178 valence electrons. The average Bonchev–Trinajstić information content (AvgIpc) is 3.22. The monoisotopic (exact) mass is 472 g/mol. The Kier molecular flexibility index (Phi) is 7.67. The number of benzene rings is 1. The van der Waals surface area contributed by atoms with Crippen LogP contribution in [0.5, 0.6) is 0 Å². The molecule has 0 bridgehead atoms. The van der Waals surface area contributed by atoms with Gasteiger partial charge in [-0.3, -0.25) is 4.79 Å². The van der Waals surface area contributed by atoms with E-state index in [4.69, 9.17) is 4.42 Å². The first kappa shape index (κ1) is 23.7. The first-order valence-electron chi connectivity index (χ1n) is 11.6. The van der Waals surface area contributed by atoms with E-state index in [2.05, 4.69) is 17.5 Å². The lowest BCUT2D eigenvalue weighted by molar-refractivity contribution is -0.123. The van der Waals surface area contributed by atoms with Crippen molar-refractivity contribution >= 4 is 15.9 Å². The van der Waals surface area contributed by atoms with Crippen LogP contribution in [0.4, 0.5) is 0 Å². The molecular weight excluding hydrogens is 440 g/mol. The molecule has 0 radical (unpaired) electrons. The van der Waals surface area contributed by atoms with Crippen LogP contribution in [0.25, 0.3) is 0 Å². The number of aliphatic hydroxyl groups is 1. The van der Waals surface area contributed by atoms with E-state index >= 15 is 0 Å². The lowest BCUT2D eigenvalue weighted by atomic mass is 9.99. The number of rotatable bonds is 12. The predicted molar refractivity (Wildman–Crippen MR) is 125 cm³/mol. The smallest absolute Gasteiger partial charge is 0.276 e. The van der Waals surface area contributed by atoms with Gasteiger partial charge in [0.15, 0.2) is 0 Å². The summed E-state index contributed by atoms with van der Waals surface area (Å²) < 4.78 is 32.8. The van der Waals surface area contributed by atoms with Gasteiger partial charge < -0.3 is 14.8 Å². The summed E-state index contributed by atoms with van der Waals surface area (Å²) in [6.07, 6.45) is 9.06. The second-order valence-electron chi connectivity index (χ2n) is 9.10. The highest BCUT2D eigenvalue weighted by atomic mass is 32.2. The normalized spacial score (nSPS) is 20.1. The van der Waals surface area contributed by atoms with Crippen molar-refractivity contribution in [3.8, 4) is 0 Å². The summed E-state index contributed by atoms with van der Waals surface area (Å²) >= 11 is 0. The number of hydrogen-bond donors (Lipinski definition) is 2. The SMILES string of the molecule is O=C(CC1C=CCC1)N[C@@H](Cc1ccccc1)[C@H](O)CN(CC1CC1)S(=O)(=O)c1ccco1. The van der Waals surface area contributed by atoms with Gasteiger partial charge in [-0.1, -0.05) is 42.5 Å². The number of aliphatic hydroxyl groups excluding tert-OH is 1. The molecular formula is C25H32N2O5S. The van der Waals surface area contributed by atoms with E-state index in [-0.39, 0.29) is 23.5 Å². The highest BCUT2D eigenvalue weighted by Gasteiger charge is 2.36. The molecule has 7 nitrogen and oxygen atoms in total. The number of allylic oxidation sites excluding steroid dienone is 2. The van der Waals surface area contributed by atoms with Crippen molar-refractivity contribution in [2.24, 2.45) is 11.8 Å². The van der Waals surface area contributed by atoms with Crippen LogP contribution in [0.2, 0.25) is 0 Å². The quantitative estimate of drug-likeness (QED) is 0.463. The Labute approximate surface area is 195 Å². The fourth-order valence-corrected chi connectivity index (χ4v) is 5.69. The molecule has 2 aromatic rings. The van der Waals surface area contributed by atoms with Crippen molar-refractivity contribution in [1.29, 1.82) is 0 Å².